The van der Waals surface area contributed by atoms with Gasteiger partial charge < -0.3 is 10.1 Å². The van der Waals surface area contributed by atoms with Crippen LogP contribution in [-0.4, -0.2) is 11.0 Å². The van der Waals surface area contributed by atoms with Gasteiger partial charge in [-0.2, -0.15) is 0 Å². The van der Waals surface area contributed by atoms with Crippen LogP contribution in [0.2, 0.25) is 5.02 Å². The number of nitrogens with zero attached hydrogens (tertiary/aromatic N) is 1. The van der Waals surface area contributed by atoms with Gasteiger partial charge in [0.1, 0.15) is 17.4 Å². The quantitative estimate of drug-likeness (QED) is 0.878. The molecule has 102 valence electrons. The largest absolute Gasteiger partial charge is 0.485 e. The van der Waals surface area contributed by atoms with Gasteiger partial charge in [0.25, 0.3) is 0 Å². The maximum Gasteiger partial charge on any atom is 0.143 e. The van der Waals surface area contributed by atoms with Crippen molar-refractivity contribution in [3.63, 3.8) is 0 Å². The molecule has 5 heteroatoms. The van der Waals surface area contributed by atoms with E-state index < -0.39 is 0 Å². The summed E-state index contributed by atoms with van der Waals surface area (Å²) in [5.74, 6) is 0.743. The summed E-state index contributed by atoms with van der Waals surface area (Å²) in [6.45, 7) is 5.42. The fourth-order valence-corrected chi connectivity index (χ4v) is 2.40. The Balaban J connectivity index is 2.08. The molecule has 19 heavy (non-hydrogen) atoms. The highest BCUT2D eigenvalue weighted by molar-refractivity contribution is 7.09. The van der Waals surface area contributed by atoms with Crippen LogP contribution in [-0.2, 0) is 13.2 Å². The van der Waals surface area contributed by atoms with E-state index in [4.69, 9.17) is 16.3 Å². The summed E-state index contributed by atoms with van der Waals surface area (Å²) in [5.41, 5.74) is 1.07. The lowest BCUT2D eigenvalue weighted by molar-refractivity contribution is 0.301. The molecule has 1 aromatic carbocycles. The summed E-state index contributed by atoms with van der Waals surface area (Å²) in [5, 5.41) is 6.89. The maximum atomic E-state index is 6.22. The normalized spacial score (nSPS) is 10.9. The van der Waals surface area contributed by atoms with Crippen LogP contribution in [0.4, 0.5) is 0 Å². The molecule has 0 spiro atoms. The molecule has 2 aromatic rings. The fraction of sp³-hybridized carbons (Fsp3) is 0.357. The first-order valence-electron chi connectivity index (χ1n) is 6.18. The number of para-hydroxylation sites is 1. The molecule has 0 bridgehead atoms. The van der Waals surface area contributed by atoms with Crippen molar-refractivity contribution in [1.29, 1.82) is 0 Å². The maximum absolute atomic E-state index is 6.22. The van der Waals surface area contributed by atoms with Crippen LogP contribution < -0.4 is 10.1 Å². The van der Waals surface area contributed by atoms with Crippen LogP contribution in [0.15, 0.2) is 29.8 Å². The second-order valence-electron chi connectivity index (χ2n) is 4.48. The standard InChI is InChI=1S/C14H17ClN2OS/c1-10(2)17-8-11-4-3-5-12(15)14(11)18-9-13-16-6-7-19-13/h3-7,10,17H,8-9H2,1-2H3. The first-order chi connectivity index (χ1) is 9.16. The SMILES string of the molecule is CC(C)NCc1cccc(Cl)c1OCc1nccs1. The van der Waals surface area contributed by atoms with Crippen molar-refractivity contribution < 1.29 is 4.74 Å². The Hall–Kier alpha value is -1.10. The van der Waals surface area contributed by atoms with Gasteiger partial charge in [0.2, 0.25) is 0 Å². The van der Waals surface area contributed by atoms with Crippen molar-refractivity contribution in [3.05, 3.63) is 45.4 Å². The summed E-state index contributed by atoms with van der Waals surface area (Å²) in [4.78, 5) is 4.20. The third kappa shape index (κ3) is 4.20. The molecule has 0 fully saturated rings. The van der Waals surface area contributed by atoms with E-state index in [0.717, 1.165) is 22.9 Å². The average Bonchev–Trinajstić information content (AvgIpc) is 2.88. The van der Waals surface area contributed by atoms with E-state index in [1.807, 2.05) is 23.6 Å². The molecule has 1 heterocycles. The lowest BCUT2D eigenvalue weighted by atomic mass is 10.2. The number of hydrogen-bond donors (Lipinski definition) is 1. The van der Waals surface area contributed by atoms with Gasteiger partial charge in [0, 0.05) is 29.7 Å². The van der Waals surface area contributed by atoms with Crippen LogP contribution in [0, 0.1) is 0 Å². The number of benzene rings is 1. The predicted molar refractivity (Wildman–Crippen MR) is 79.9 cm³/mol. The van der Waals surface area contributed by atoms with E-state index in [9.17, 15) is 0 Å². The molecule has 0 aliphatic rings. The van der Waals surface area contributed by atoms with Crippen LogP contribution in [0.1, 0.15) is 24.4 Å². The molecule has 1 aromatic heterocycles. The zero-order chi connectivity index (χ0) is 13.7. The lowest BCUT2D eigenvalue weighted by Gasteiger charge is -2.14. The highest BCUT2D eigenvalue weighted by atomic mass is 35.5. The highest BCUT2D eigenvalue weighted by Crippen LogP contribution is 2.29. The van der Waals surface area contributed by atoms with Gasteiger partial charge in [-0.15, -0.1) is 11.3 Å². The minimum atomic E-state index is 0.422. The second-order valence-corrected chi connectivity index (χ2v) is 5.86. The van der Waals surface area contributed by atoms with Gasteiger partial charge >= 0.3 is 0 Å². The Labute approximate surface area is 122 Å². The Kier molecular flexibility index (Phi) is 5.19. The molecule has 1 N–H and O–H groups in total. The van der Waals surface area contributed by atoms with Gasteiger partial charge in [0.15, 0.2) is 0 Å². The summed E-state index contributed by atoms with van der Waals surface area (Å²) in [6, 6.07) is 6.23. The number of hydrogen-bond acceptors (Lipinski definition) is 4. The number of ether oxygens (including phenoxy) is 1. The fourth-order valence-electron chi connectivity index (χ4n) is 1.63. The Morgan fingerprint density at radius 2 is 2.26 bits per heavy atom. The first kappa shape index (κ1) is 14.3. The number of halogens is 1. The average molecular weight is 297 g/mol. The molecule has 3 nitrogen and oxygen atoms in total. The smallest absolute Gasteiger partial charge is 0.143 e. The molecule has 0 amide bonds. The molecule has 0 radical (unpaired) electrons. The van der Waals surface area contributed by atoms with Crippen molar-refractivity contribution in [2.24, 2.45) is 0 Å². The summed E-state index contributed by atoms with van der Waals surface area (Å²) < 4.78 is 5.82. The van der Waals surface area contributed by atoms with E-state index in [1.54, 1.807) is 17.5 Å². The molecule has 0 unspecified atom stereocenters. The Morgan fingerprint density at radius 1 is 1.42 bits per heavy atom. The Morgan fingerprint density at radius 3 is 2.95 bits per heavy atom. The minimum absolute atomic E-state index is 0.422. The first-order valence-corrected chi connectivity index (χ1v) is 7.44. The number of aromatic nitrogens is 1. The molecule has 2 rings (SSSR count). The van der Waals surface area contributed by atoms with E-state index >= 15 is 0 Å². The third-order valence-electron chi connectivity index (χ3n) is 2.57. The topological polar surface area (TPSA) is 34.1 Å². The van der Waals surface area contributed by atoms with Crippen LogP contribution in [0.25, 0.3) is 0 Å². The monoisotopic (exact) mass is 296 g/mol. The summed E-state index contributed by atoms with van der Waals surface area (Å²) >= 11 is 7.79. The van der Waals surface area contributed by atoms with E-state index in [-0.39, 0.29) is 0 Å². The van der Waals surface area contributed by atoms with Crippen LogP contribution in [0.5, 0.6) is 5.75 Å². The summed E-state index contributed by atoms with van der Waals surface area (Å²) in [6.07, 6.45) is 1.77. The van der Waals surface area contributed by atoms with Gasteiger partial charge in [-0.05, 0) is 6.07 Å². The minimum Gasteiger partial charge on any atom is -0.485 e. The molecule has 0 aliphatic carbocycles. The second kappa shape index (κ2) is 6.89. The van der Waals surface area contributed by atoms with E-state index in [2.05, 4.69) is 24.1 Å². The van der Waals surface area contributed by atoms with Gasteiger partial charge in [-0.3, -0.25) is 0 Å². The zero-order valence-corrected chi connectivity index (χ0v) is 12.6. The molecular weight excluding hydrogens is 280 g/mol. The molecule has 0 atom stereocenters. The molecule has 0 aliphatic heterocycles. The third-order valence-corrected chi connectivity index (χ3v) is 3.62. The Bertz CT molecular complexity index is 514. The zero-order valence-electron chi connectivity index (χ0n) is 11.0. The van der Waals surface area contributed by atoms with Crippen molar-refractivity contribution in [2.75, 3.05) is 0 Å². The van der Waals surface area contributed by atoms with Crippen molar-refractivity contribution in [1.82, 2.24) is 10.3 Å². The van der Waals surface area contributed by atoms with Gasteiger partial charge in [-0.1, -0.05) is 37.6 Å². The predicted octanol–water partition coefficient (Wildman–Crippen LogP) is 3.87. The van der Waals surface area contributed by atoms with Crippen LogP contribution >= 0.6 is 22.9 Å². The van der Waals surface area contributed by atoms with Crippen molar-refractivity contribution in [3.8, 4) is 5.75 Å². The lowest BCUT2D eigenvalue weighted by Crippen LogP contribution is -2.22. The van der Waals surface area contributed by atoms with Crippen molar-refractivity contribution >= 4 is 22.9 Å². The molecule has 0 saturated heterocycles. The highest BCUT2D eigenvalue weighted by Gasteiger charge is 2.09. The number of thiazole rings is 1. The molecular formula is C14H17ClN2OS. The van der Waals surface area contributed by atoms with Crippen LogP contribution in [0.3, 0.4) is 0 Å². The van der Waals surface area contributed by atoms with E-state index in [1.165, 1.54) is 0 Å². The van der Waals surface area contributed by atoms with Crippen molar-refractivity contribution in [2.45, 2.75) is 33.0 Å². The van der Waals surface area contributed by atoms with E-state index in [0.29, 0.717) is 17.7 Å². The number of nitrogens with one attached hydrogen (secondary N) is 1. The number of rotatable bonds is 6. The summed E-state index contributed by atoms with van der Waals surface area (Å²) in [7, 11) is 0. The van der Waals surface area contributed by atoms with Gasteiger partial charge in [-0.25, -0.2) is 4.98 Å². The van der Waals surface area contributed by atoms with Gasteiger partial charge in [0.05, 0.1) is 5.02 Å². The molecule has 0 saturated carbocycles.